The van der Waals surface area contributed by atoms with E-state index in [1.165, 1.54) is 19.3 Å². The Morgan fingerprint density at radius 2 is 2.25 bits per heavy atom. The third-order valence-corrected chi connectivity index (χ3v) is 4.31. The summed E-state index contributed by atoms with van der Waals surface area (Å²) in [5.74, 6) is 0.338. The summed E-state index contributed by atoms with van der Waals surface area (Å²) in [6.07, 6.45) is 4.98. The summed E-state index contributed by atoms with van der Waals surface area (Å²) in [5, 5.41) is 10.3. The lowest BCUT2D eigenvalue weighted by atomic mass is 9.80. The normalized spacial score (nSPS) is 17.3. The molecule has 1 aliphatic rings. The molecular formula is C16H21NO3. The number of aryl methyl sites for hydroxylation is 1. The van der Waals surface area contributed by atoms with E-state index < -0.39 is 6.10 Å². The summed E-state index contributed by atoms with van der Waals surface area (Å²) in [6, 6.07) is 5.61. The summed E-state index contributed by atoms with van der Waals surface area (Å²) in [5.41, 5.74) is 2.24. The molecular weight excluding hydrogens is 254 g/mol. The Kier molecular flexibility index (Phi) is 3.66. The number of aliphatic hydroxyl groups is 1. The highest BCUT2D eigenvalue weighted by Crippen LogP contribution is 2.35. The first kappa shape index (κ1) is 13.4. The molecule has 4 nitrogen and oxygen atoms in total. The molecule has 0 radical (unpaired) electrons. The van der Waals surface area contributed by atoms with Gasteiger partial charge in [-0.3, -0.25) is 4.57 Å². The fraction of sp³-hybridized carbons (Fsp3) is 0.562. The van der Waals surface area contributed by atoms with E-state index in [9.17, 15) is 9.90 Å². The van der Waals surface area contributed by atoms with Crippen molar-refractivity contribution in [3.63, 3.8) is 0 Å². The molecule has 0 bridgehead atoms. The van der Waals surface area contributed by atoms with Crippen LogP contribution in [0.2, 0.25) is 0 Å². The molecule has 1 N–H and O–H groups in total. The van der Waals surface area contributed by atoms with Crippen molar-refractivity contribution in [2.75, 3.05) is 0 Å². The van der Waals surface area contributed by atoms with Crippen LogP contribution < -0.4 is 5.76 Å². The quantitative estimate of drug-likeness (QED) is 0.911. The first-order chi connectivity index (χ1) is 9.69. The minimum absolute atomic E-state index is 0.313. The van der Waals surface area contributed by atoms with Gasteiger partial charge in [-0.15, -0.1) is 0 Å². The van der Waals surface area contributed by atoms with Crippen molar-refractivity contribution >= 4 is 11.1 Å². The van der Waals surface area contributed by atoms with E-state index in [-0.39, 0.29) is 5.76 Å². The average molecular weight is 275 g/mol. The van der Waals surface area contributed by atoms with Crippen LogP contribution in [0.25, 0.3) is 11.1 Å². The third kappa shape index (κ3) is 2.40. The van der Waals surface area contributed by atoms with E-state index >= 15 is 0 Å². The average Bonchev–Trinajstić information content (AvgIpc) is 2.70. The van der Waals surface area contributed by atoms with Crippen molar-refractivity contribution in [2.24, 2.45) is 5.92 Å². The zero-order valence-electron chi connectivity index (χ0n) is 11.8. The number of aliphatic hydroxyl groups excluding tert-OH is 1. The van der Waals surface area contributed by atoms with Crippen LogP contribution in [0, 0.1) is 5.92 Å². The van der Waals surface area contributed by atoms with E-state index in [1.807, 2.05) is 25.1 Å². The summed E-state index contributed by atoms with van der Waals surface area (Å²) < 4.78 is 6.93. The summed E-state index contributed by atoms with van der Waals surface area (Å²) >= 11 is 0. The molecule has 4 heteroatoms. The van der Waals surface area contributed by atoms with Gasteiger partial charge < -0.3 is 9.52 Å². The van der Waals surface area contributed by atoms with Crippen molar-refractivity contribution in [3.8, 4) is 0 Å². The molecule has 1 heterocycles. The first-order valence-electron chi connectivity index (χ1n) is 7.50. The fourth-order valence-corrected chi connectivity index (χ4v) is 2.91. The number of aromatic nitrogens is 1. The van der Waals surface area contributed by atoms with Crippen molar-refractivity contribution in [1.29, 1.82) is 0 Å². The van der Waals surface area contributed by atoms with Crippen LogP contribution in [0.5, 0.6) is 0 Å². The van der Waals surface area contributed by atoms with Crippen LogP contribution in [0.1, 0.15) is 50.7 Å². The van der Waals surface area contributed by atoms with Gasteiger partial charge in [0.05, 0.1) is 11.6 Å². The van der Waals surface area contributed by atoms with Crippen LogP contribution in [0.15, 0.2) is 27.4 Å². The van der Waals surface area contributed by atoms with E-state index in [0.29, 0.717) is 18.0 Å². The van der Waals surface area contributed by atoms with E-state index in [2.05, 4.69) is 0 Å². The van der Waals surface area contributed by atoms with Crippen LogP contribution >= 0.6 is 0 Å². The van der Waals surface area contributed by atoms with Gasteiger partial charge in [0.25, 0.3) is 0 Å². The zero-order chi connectivity index (χ0) is 14.1. The predicted octanol–water partition coefficient (Wildman–Crippen LogP) is 3.23. The van der Waals surface area contributed by atoms with Gasteiger partial charge in [0, 0.05) is 6.54 Å². The maximum atomic E-state index is 11.8. The Balaban J connectivity index is 1.88. The lowest BCUT2D eigenvalue weighted by molar-refractivity contribution is 0.118. The second-order valence-electron chi connectivity index (χ2n) is 5.80. The number of benzene rings is 1. The van der Waals surface area contributed by atoms with Gasteiger partial charge >= 0.3 is 5.76 Å². The fourth-order valence-electron chi connectivity index (χ4n) is 2.91. The van der Waals surface area contributed by atoms with Gasteiger partial charge in [-0.05, 0) is 36.5 Å². The second kappa shape index (κ2) is 5.44. The highest BCUT2D eigenvalue weighted by atomic mass is 16.4. The van der Waals surface area contributed by atoms with E-state index in [1.54, 1.807) is 4.57 Å². The summed E-state index contributed by atoms with van der Waals surface area (Å²) in [6.45, 7) is 2.69. The number of nitrogens with zero attached hydrogens (tertiary/aromatic N) is 1. The Morgan fingerprint density at radius 3 is 2.90 bits per heavy atom. The minimum atomic E-state index is -0.454. The standard InChI is InChI=1S/C16H21NO3/c1-2-8-17-13-7-6-12(10-15(13)20-16(17)19)14(18)9-11-4-3-5-11/h6-7,10-11,14,18H,2-5,8-9H2,1H3. The SMILES string of the molecule is CCCn1c(=O)oc2cc(C(O)CC3CCC3)ccc21. The highest BCUT2D eigenvalue weighted by molar-refractivity contribution is 5.73. The summed E-state index contributed by atoms with van der Waals surface area (Å²) in [4.78, 5) is 11.8. The maximum Gasteiger partial charge on any atom is 0.419 e. The van der Waals surface area contributed by atoms with Crippen molar-refractivity contribution in [3.05, 3.63) is 34.3 Å². The first-order valence-corrected chi connectivity index (χ1v) is 7.50. The van der Waals surface area contributed by atoms with Crippen LogP contribution in [0.4, 0.5) is 0 Å². The number of oxazole rings is 1. The molecule has 1 fully saturated rings. The molecule has 1 aliphatic carbocycles. The molecule has 1 aromatic heterocycles. The van der Waals surface area contributed by atoms with Crippen molar-refractivity contribution in [1.82, 2.24) is 4.57 Å². The topological polar surface area (TPSA) is 55.4 Å². The molecule has 3 rings (SSSR count). The summed E-state index contributed by atoms with van der Waals surface area (Å²) in [7, 11) is 0. The lowest BCUT2D eigenvalue weighted by Gasteiger charge is -2.27. The number of hydrogen-bond donors (Lipinski definition) is 1. The largest absolute Gasteiger partial charge is 0.419 e. The molecule has 1 aromatic carbocycles. The van der Waals surface area contributed by atoms with E-state index in [0.717, 1.165) is 23.9 Å². The molecule has 1 unspecified atom stereocenters. The number of hydrogen-bond acceptors (Lipinski definition) is 3. The number of fused-ring (bicyclic) bond motifs is 1. The molecule has 0 aliphatic heterocycles. The van der Waals surface area contributed by atoms with Crippen molar-refractivity contribution in [2.45, 2.75) is 51.7 Å². The molecule has 1 atom stereocenters. The van der Waals surface area contributed by atoms with Gasteiger partial charge in [-0.25, -0.2) is 4.79 Å². The molecule has 20 heavy (non-hydrogen) atoms. The maximum absolute atomic E-state index is 11.8. The lowest BCUT2D eigenvalue weighted by Crippen LogP contribution is -2.15. The Bertz CT molecular complexity index is 651. The molecule has 1 saturated carbocycles. The predicted molar refractivity (Wildman–Crippen MR) is 77.7 cm³/mol. The van der Waals surface area contributed by atoms with Gasteiger partial charge in [0.2, 0.25) is 0 Å². The molecule has 2 aromatic rings. The second-order valence-corrected chi connectivity index (χ2v) is 5.80. The van der Waals surface area contributed by atoms with Crippen LogP contribution in [0.3, 0.4) is 0 Å². The number of rotatable bonds is 5. The van der Waals surface area contributed by atoms with Crippen LogP contribution in [-0.2, 0) is 6.54 Å². The van der Waals surface area contributed by atoms with Crippen LogP contribution in [-0.4, -0.2) is 9.67 Å². The van der Waals surface area contributed by atoms with Gasteiger partial charge in [-0.2, -0.15) is 0 Å². The highest BCUT2D eigenvalue weighted by Gasteiger charge is 2.22. The smallest absolute Gasteiger partial charge is 0.408 e. The Labute approximate surface area is 118 Å². The van der Waals surface area contributed by atoms with Gasteiger partial charge in [0.15, 0.2) is 5.58 Å². The monoisotopic (exact) mass is 275 g/mol. The zero-order valence-corrected chi connectivity index (χ0v) is 11.8. The third-order valence-electron chi connectivity index (χ3n) is 4.31. The molecule has 108 valence electrons. The Morgan fingerprint density at radius 1 is 1.45 bits per heavy atom. The van der Waals surface area contributed by atoms with Gasteiger partial charge in [-0.1, -0.05) is 32.3 Å². The Hall–Kier alpha value is -1.55. The minimum Gasteiger partial charge on any atom is -0.408 e. The molecule has 0 amide bonds. The molecule has 0 spiro atoms. The van der Waals surface area contributed by atoms with Gasteiger partial charge in [0.1, 0.15) is 0 Å². The molecule has 0 saturated heterocycles. The van der Waals surface area contributed by atoms with Crippen molar-refractivity contribution < 1.29 is 9.52 Å². The van der Waals surface area contributed by atoms with E-state index in [4.69, 9.17) is 4.42 Å².